The number of aryl methyl sites for hydroxylation is 1. The first-order valence-electron chi connectivity index (χ1n) is 4.37. The standard InChI is InChI=1S/C9H9BrN4S/c1-6-11-3-2-7(13-6)4-12-9-14-8(10)5-15-9/h2-3,5H,4H2,1H3,(H,12,14). The van der Waals surface area contributed by atoms with E-state index >= 15 is 0 Å². The zero-order valence-electron chi connectivity index (χ0n) is 8.07. The average Bonchev–Trinajstić information content (AvgIpc) is 2.62. The van der Waals surface area contributed by atoms with E-state index in [-0.39, 0.29) is 0 Å². The van der Waals surface area contributed by atoms with E-state index in [0.717, 1.165) is 21.3 Å². The Morgan fingerprint density at radius 1 is 1.47 bits per heavy atom. The van der Waals surface area contributed by atoms with Crippen LogP contribution in [-0.4, -0.2) is 15.0 Å². The molecule has 78 valence electrons. The summed E-state index contributed by atoms with van der Waals surface area (Å²) in [6.07, 6.45) is 1.76. The van der Waals surface area contributed by atoms with Crippen molar-refractivity contribution in [2.24, 2.45) is 0 Å². The van der Waals surface area contributed by atoms with Gasteiger partial charge < -0.3 is 5.32 Å². The molecule has 0 aliphatic heterocycles. The number of hydrogen-bond acceptors (Lipinski definition) is 5. The topological polar surface area (TPSA) is 50.7 Å². The fourth-order valence-electron chi connectivity index (χ4n) is 1.11. The van der Waals surface area contributed by atoms with E-state index in [2.05, 4.69) is 36.2 Å². The van der Waals surface area contributed by atoms with Crippen LogP contribution >= 0.6 is 27.3 Å². The number of aromatic nitrogens is 3. The summed E-state index contributed by atoms with van der Waals surface area (Å²) in [5, 5.41) is 6.02. The highest BCUT2D eigenvalue weighted by atomic mass is 79.9. The second-order valence-electron chi connectivity index (χ2n) is 2.92. The molecule has 0 aromatic carbocycles. The van der Waals surface area contributed by atoms with Crippen LogP contribution in [0.15, 0.2) is 22.2 Å². The van der Waals surface area contributed by atoms with Crippen LogP contribution in [0.2, 0.25) is 0 Å². The lowest BCUT2D eigenvalue weighted by molar-refractivity contribution is 0.953. The third-order valence-corrected chi connectivity index (χ3v) is 3.24. The summed E-state index contributed by atoms with van der Waals surface area (Å²) in [6.45, 7) is 2.55. The first-order valence-corrected chi connectivity index (χ1v) is 6.05. The molecule has 0 amide bonds. The van der Waals surface area contributed by atoms with Gasteiger partial charge in [-0.3, -0.25) is 0 Å². The van der Waals surface area contributed by atoms with Crippen LogP contribution in [0.5, 0.6) is 0 Å². The smallest absolute Gasteiger partial charge is 0.184 e. The van der Waals surface area contributed by atoms with Gasteiger partial charge in [0.1, 0.15) is 10.4 Å². The highest BCUT2D eigenvalue weighted by Gasteiger charge is 1.99. The van der Waals surface area contributed by atoms with Crippen LogP contribution in [0, 0.1) is 6.92 Å². The third-order valence-electron chi connectivity index (χ3n) is 1.73. The van der Waals surface area contributed by atoms with Gasteiger partial charge in [0.15, 0.2) is 5.13 Å². The van der Waals surface area contributed by atoms with E-state index < -0.39 is 0 Å². The number of thiazole rings is 1. The minimum absolute atomic E-state index is 0.670. The number of nitrogens with zero attached hydrogens (tertiary/aromatic N) is 3. The average molecular weight is 285 g/mol. The zero-order valence-corrected chi connectivity index (χ0v) is 10.5. The molecule has 2 aromatic rings. The van der Waals surface area contributed by atoms with Gasteiger partial charge in [-0.15, -0.1) is 11.3 Å². The maximum atomic E-state index is 4.29. The summed E-state index contributed by atoms with van der Waals surface area (Å²) < 4.78 is 0.855. The fraction of sp³-hybridized carbons (Fsp3) is 0.222. The monoisotopic (exact) mass is 284 g/mol. The largest absolute Gasteiger partial charge is 0.356 e. The molecule has 0 fully saturated rings. The van der Waals surface area contributed by atoms with Crippen LogP contribution in [0.1, 0.15) is 11.5 Å². The summed E-state index contributed by atoms with van der Waals surface area (Å²) in [7, 11) is 0. The van der Waals surface area contributed by atoms with Crippen molar-refractivity contribution in [1.29, 1.82) is 0 Å². The predicted molar refractivity (Wildman–Crippen MR) is 63.9 cm³/mol. The zero-order chi connectivity index (χ0) is 10.7. The number of halogens is 1. The molecule has 15 heavy (non-hydrogen) atoms. The van der Waals surface area contributed by atoms with E-state index in [1.165, 1.54) is 0 Å². The van der Waals surface area contributed by atoms with Crippen molar-refractivity contribution in [3.63, 3.8) is 0 Å². The predicted octanol–water partition coefficient (Wildman–Crippen LogP) is 2.62. The van der Waals surface area contributed by atoms with E-state index in [1.54, 1.807) is 17.5 Å². The van der Waals surface area contributed by atoms with Crippen molar-refractivity contribution < 1.29 is 0 Å². The van der Waals surface area contributed by atoms with Gasteiger partial charge in [0, 0.05) is 11.6 Å². The Kier molecular flexibility index (Phi) is 3.27. The third kappa shape index (κ3) is 2.97. The van der Waals surface area contributed by atoms with E-state index in [0.29, 0.717) is 6.54 Å². The van der Waals surface area contributed by atoms with Gasteiger partial charge in [0.05, 0.1) is 12.2 Å². The molecule has 2 heterocycles. The normalized spacial score (nSPS) is 10.3. The molecule has 0 unspecified atom stereocenters. The molecular weight excluding hydrogens is 276 g/mol. The van der Waals surface area contributed by atoms with Crippen molar-refractivity contribution in [2.75, 3.05) is 5.32 Å². The van der Waals surface area contributed by atoms with Crippen LogP contribution in [0.25, 0.3) is 0 Å². The molecule has 2 aromatic heterocycles. The Hall–Kier alpha value is -1.01. The number of anilines is 1. The Morgan fingerprint density at radius 2 is 2.33 bits per heavy atom. The maximum absolute atomic E-state index is 4.29. The highest BCUT2D eigenvalue weighted by Crippen LogP contribution is 2.19. The first kappa shape index (κ1) is 10.5. The number of rotatable bonds is 3. The first-order chi connectivity index (χ1) is 7.24. The van der Waals surface area contributed by atoms with Crippen LogP contribution in [-0.2, 0) is 6.54 Å². The van der Waals surface area contributed by atoms with E-state index in [1.807, 2.05) is 18.4 Å². The van der Waals surface area contributed by atoms with Crippen LogP contribution in [0.4, 0.5) is 5.13 Å². The van der Waals surface area contributed by atoms with Crippen molar-refractivity contribution in [3.05, 3.63) is 33.8 Å². The molecule has 0 bridgehead atoms. The molecule has 0 saturated carbocycles. The molecule has 6 heteroatoms. The van der Waals surface area contributed by atoms with Crippen LogP contribution < -0.4 is 5.32 Å². The fourth-order valence-corrected chi connectivity index (χ4v) is 2.25. The van der Waals surface area contributed by atoms with Gasteiger partial charge in [-0.05, 0) is 28.9 Å². The second kappa shape index (κ2) is 4.67. The summed E-state index contributed by atoms with van der Waals surface area (Å²) >= 11 is 4.86. The van der Waals surface area contributed by atoms with Gasteiger partial charge >= 0.3 is 0 Å². The second-order valence-corrected chi connectivity index (χ2v) is 4.59. The summed E-state index contributed by atoms with van der Waals surface area (Å²) in [4.78, 5) is 12.6. The number of nitrogens with one attached hydrogen (secondary N) is 1. The Bertz CT molecular complexity index is 457. The van der Waals surface area contributed by atoms with Gasteiger partial charge in [-0.2, -0.15) is 0 Å². The molecule has 2 rings (SSSR count). The van der Waals surface area contributed by atoms with Crippen molar-refractivity contribution >= 4 is 32.4 Å². The van der Waals surface area contributed by atoms with E-state index in [4.69, 9.17) is 0 Å². The Balaban J connectivity index is 1.99. The summed E-state index contributed by atoms with van der Waals surface area (Å²) in [5.41, 5.74) is 0.967. The van der Waals surface area contributed by atoms with Gasteiger partial charge in [-0.1, -0.05) is 0 Å². The SMILES string of the molecule is Cc1nccc(CNc2nc(Br)cs2)n1. The lowest BCUT2D eigenvalue weighted by Gasteiger charge is -2.01. The molecule has 4 nitrogen and oxygen atoms in total. The van der Waals surface area contributed by atoms with E-state index in [9.17, 15) is 0 Å². The minimum Gasteiger partial charge on any atom is -0.356 e. The van der Waals surface area contributed by atoms with Gasteiger partial charge in [-0.25, -0.2) is 15.0 Å². The van der Waals surface area contributed by atoms with Crippen molar-refractivity contribution in [3.8, 4) is 0 Å². The van der Waals surface area contributed by atoms with Gasteiger partial charge in [0.25, 0.3) is 0 Å². The quantitative estimate of drug-likeness (QED) is 0.941. The van der Waals surface area contributed by atoms with Crippen molar-refractivity contribution in [1.82, 2.24) is 15.0 Å². The maximum Gasteiger partial charge on any atom is 0.184 e. The van der Waals surface area contributed by atoms with Crippen LogP contribution in [0.3, 0.4) is 0 Å². The molecule has 0 aliphatic carbocycles. The molecule has 0 aliphatic rings. The minimum atomic E-state index is 0.670. The molecule has 0 radical (unpaired) electrons. The lowest BCUT2D eigenvalue weighted by atomic mass is 10.4. The van der Waals surface area contributed by atoms with Crippen molar-refractivity contribution in [2.45, 2.75) is 13.5 Å². The highest BCUT2D eigenvalue weighted by molar-refractivity contribution is 9.10. The van der Waals surface area contributed by atoms with Gasteiger partial charge in [0.2, 0.25) is 0 Å². The lowest BCUT2D eigenvalue weighted by Crippen LogP contribution is -2.02. The molecule has 0 atom stereocenters. The molecule has 0 spiro atoms. The summed E-state index contributed by atoms with van der Waals surface area (Å²) in [6, 6.07) is 1.89. The summed E-state index contributed by atoms with van der Waals surface area (Å²) in [5.74, 6) is 0.787. The molecule has 0 saturated heterocycles. The number of hydrogen-bond donors (Lipinski definition) is 1. The molecule has 1 N–H and O–H groups in total. The Labute approximate surface area is 99.9 Å². The molecular formula is C9H9BrN4S. The Morgan fingerprint density at radius 3 is 3.00 bits per heavy atom.